The number of carbonyl (C=O) groups excluding carboxylic acids is 1. The van der Waals surface area contributed by atoms with Gasteiger partial charge in [-0.25, -0.2) is 10.4 Å². The summed E-state index contributed by atoms with van der Waals surface area (Å²) in [6.07, 6.45) is 4.77. The van der Waals surface area contributed by atoms with Crippen molar-refractivity contribution < 1.29 is 9.21 Å². The third-order valence-electron chi connectivity index (χ3n) is 3.00. The Morgan fingerprint density at radius 3 is 3.14 bits per heavy atom. The SMILES string of the molecule is Cc1cc(C=NNC(=O)Cn2cnc3ccccc32)co1. The highest BCUT2D eigenvalue weighted by molar-refractivity contribution is 5.83. The number of fused-ring (bicyclic) bond motifs is 1. The van der Waals surface area contributed by atoms with Crippen LogP contribution in [0.3, 0.4) is 0 Å². The number of hydrazone groups is 1. The highest BCUT2D eigenvalue weighted by Crippen LogP contribution is 2.11. The van der Waals surface area contributed by atoms with E-state index in [1.807, 2.05) is 37.3 Å². The van der Waals surface area contributed by atoms with E-state index in [0.29, 0.717) is 0 Å². The number of hydrogen-bond acceptors (Lipinski definition) is 4. The van der Waals surface area contributed by atoms with Crippen molar-refractivity contribution in [3.05, 3.63) is 54.2 Å². The van der Waals surface area contributed by atoms with Gasteiger partial charge < -0.3 is 8.98 Å². The zero-order valence-corrected chi connectivity index (χ0v) is 11.5. The molecule has 0 atom stereocenters. The van der Waals surface area contributed by atoms with E-state index in [4.69, 9.17) is 4.42 Å². The summed E-state index contributed by atoms with van der Waals surface area (Å²) in [6.45, 7) is 2.02. The number of imidazole rings is 1. The van der Waals surface area contributed by atoms with Crippen LogP contribution in [-0.2, 0) is 11.3 Å². The maximum atomic E-state index is 11.9. The summed E-state index contributed by atoms with van der Waals surface area (Å²) in [7, 11) is 0. The summed E-state index contributed by atoms with van der Waals surface area (Å²) >= 11 is 0. The predicted molar refractivity (Wildman–Crippen MR) is 78.9 cm³/mol. The molecule has 3 aromatic rings. The Morgan fingerprint density at radius 2 is 2.33 bits per heavy atom. The molecule has 0 unspecified atom stereocenters. The molecule has 0 aliphatic rings. The minimum absolute atomic E-state index is 0.169. The lowest BCUT2D eigenvalue weighted by molar-refractivity contribution is -0.121. The van der Waals surface area contributed by atoms with Crippen LogP contribution in [0.5, 0.6) is 0 Å². The van der Waals surface area contributed by atoms with Crippen molar-refractivity contribution in [2.24, 2.45) is 5.10 Å². The van der Waals surface area contributed by atoms with Gasteiger partial charge in [-0.1, -0.05) is 12.1 Å². The first-order valence-corrected chi connectivity index (χ1v) is 6.49. The first kappa shape index (κ1) is 13.1. The number of benzene rings is 1. The molecule has 0 radical (unpaired) electrons. The van der Waals surface area contributed by atoms with Gasteiger partial charge in [0.25, 0.3) is 5.91 Å². The molecule has 1 N–H and O–H groups in total. The molecule has 106 valence electrons. The molecule has 0 fully saturated rings. The van der Waals surface area contributed by atoms with Gasteiger partial charge in [-0.2, -0.15) is 5.10 Å². The van der Waals surface area contributed by atoms with Gasteiger partial charge in [0, 0.05) is 5.56 Å². The van der Waals surface area contributed by atoms with Crippen LogP contribution in [0.25, 0.3) is 11.0 Å². The Labute approximate surface area is 121 Å². The minimum Gasteiger partial charge on any atom is -0.469 e. The van der Waals surface area contributed by atoms with Crippen molar-refractivity contribution in [1.29, 1.82) is 0 Å². The highest BCUT2D eigenvalue weighted by Gasteiger charge is 2.05. The standard InChI is InChI=1S/C15H14N4O2/c1-11-6-12(9-21-11)7-17-18-15(20)8-19-10-16-13-4-2-3-5-14(13)19/h2-7,9-10H,8H2,1H3,(H,18,20). The predicted octanol–water partition coefficient (Wildman–Crippen LogP) is 2.09. The Morgan fingerprint density at radius 1 is 1.48 bits per heavy atom. The molecule has 0 spiro atoms. The third-order valence-corrected chi connectivity index (χ3v) is 3.00. The van der Waals surface area contributed by atoms with Crippen LogP contribution in [0.4, 0.5) is 0 Å². The third kappa shape index (κ3) is 3.00. The summed E-state index contributed by atoms with van der Waals surface area (Å²) in [5, 5.41) is 3.90. The van der Waals surface area contributed by atoms with Crippen LogP contribution < -0.4 is 5.43 Å². The summed E-state index contributed by atoms with van der Waals surface area (Å²) < 4.78 is 6.92. The maximum Gasteiger partial charge on any atom is 0.260 e. The number of hydrogen-bond donors (Lipinski definition) is 1. The highest BCUT2D eigenvalue weighted by atomic mass is 16.3. The average Bonchev–Trinajstić information content (AvgIpc) is 3.06. The number of carbonyl (C=O) groups is 1. The molecule has 1 amide bonds. The fourth-order valence-electron chi connectivity index (χ4n) is 2.04. The number of nitrogens with zero attached hydrogens (tertiary/aromatic N) is 3. The molecule has 0 bridgehead atoms. The lowest BCUT2D eigenvalue weighted by Crippen LogP contribution is -2.22. The van der Waals surface area contributed by atoms with Gasteiger partial charge in [0.2, 0.25) is 0 Å². The summed E-state index contributed by atoms with van der Waals surface area (Å²) in [5.74, 6) is 0.585. The molecule has 0 saturated heterocycles. The molecular formula is C15H14N4O2. The fraction of sp³-hybridized carbons (Fsp3) is 0.133. The molecule has 2 aromatic heterocycles. The molecule has 6 heteroatoms. The molecule has 6 nitrogen and oxygen atoms in total. The van der Waals surface area contributed by atoms with Crippen LogP contribution in [-0.4, -0.2) is 21.7 Å². The van der Waals surface area contributed by atoms with Crippen molar-refractivity contribution in [2.45, 2.75) is 13.5 Å². The summed E-state index contributed by atoms with van der Waals surface area (Å²) in [5.41, 5.74) is 5.07. The summed E-state index contributed by atoms with van der Waals surface area (Å²) in [6, 6.07) is 9.49. The second-order valence-corrected chi connectivity index (χ2v) is 4.65. The van der Waals surface area contributed by atoms with E-state index in [2.05, 4.69) is 15.5 Å². The quantitative estimate of drug-likeness (QED) is 0.588. The van der Waals surface area contributed by atoms with Gasteiger partial charge in [-0.05, 0) is 25.1 Å². The van der Waals surface area contributed by atoms with Crippen LogP contribution in [0.2, 0.25) is 0 Å². The van der Waals surface area contributed by atoms with Crippen molar-refractivity contribution in [3.8, 4) is 0 Å². The Bertz CT molecular complexity index is 801. The number of aromatic nitrogens is 2. The number of aryl methyl sites for hydroxylation is 1. The number of rotatable bonds is 4. The van der Waals surface area contributed by atoms with Gasteiger partial charge >= 0.3 is 0 Å². The van der Waals surface area contributed by atoms with E-state index >= 15 is 0 Å². The van der Waals surface area contributed by atoms with Crippen LogP contribution in [0.15, 0.2) is 52.4 Å². The minimum atomic E-state index is -0.213. The van der Waals surface area contributed by atoms with Crippen LogP contribution in [0.1, 0.15) is 11.3 Å². The number of furan rings is 1. The topological polar surface area (TPSA) is 72.4 Å². The number of amides is 1. The van der Waals surface area contributed by atoms with Crippen LogP contribution in [0, 0.1) is 6.92 Å². The molecule has 1 aromatic carbocycles. The molecule has 0 saturated carbocycles. The fourth-order valence-corrected chi connectivity index (χ4v) is 2.04. The lowest BCUT2D eigenvalue weighted by atomic mass is 10.3. The first-order valence-electron chi connectivity index (χ1n) is 6.49. The Balaban J connectivity index is 1.63. The van der Waals surface area contributed by atoms with Crippen molar-refractivity contribution >= 4 is 23.2 Å². The van der Waals surface area contributed by atoms with Gasteiger partial charge in [-0.15, -0.1) is 0 Å². The molecule has 0 aliphatic carbocycles. The van der Waals surface area contributed by atoms with E-state index in [1.54, 1.807) is 23.4 Å². The normalized spacial score (nSPS) is 11.3. The van der Waals surface area contributed by atoms with E-state index in [1.165, 1.54) is 0 Å². The maximum absolute atomic E-state index is 11.9. The van der Waals surface area contributed by atoms with Gasteiger partial charge in [0.15, 0.2) is 0 Å². The van der Waals surface area contributed by atoms with Crippen molar-refractivity contribution in [1.82, 2.24) is 15.0 Å². The second kappa shape index (κ2) is 5.62. The zero-order chi connectivity index (χ0) is 14.7. The number of nitrogens with one attached hydrogen (secondary N) is 1. The molecular weight excluding hydrogens is 268 g/mol. The van der Waals surface area contributed by atoms with Gasteiger partial charge in [0.05, 0.1) is 29.8 Å². The van der Waals surface area contributed by atoms with Crippen molar-refractivity contribution in [2.75, 3.05) is 0 Å². The monoisotopic (exact) mass is 282 g/mol. The Kier molecular flexibility index (Phi) is 3.51. The second-order valence-electron chi connectivity index (χ2n) is 4.65. The van der Waals surface area contributed by atoms with E-state index in [0.717, 1.165) is 22.4 Å². The molecule has 3 rings (SSSR count). The van der Waals surface area contributed by atoms with E-state index < -0.39 is 0 Å². The summed E-state index contributed by atoms with van der Waals surface area (Å²) in [4.78, 5) is 16.1. The van der Waals surface area contributed by atoms with E-state index in [-0.39, 0.29) is 12.5 Å². The first-order chi connectivity index (χ1) is 10.2. The van der Waals surface area contributed by atoms with Crippen molar-refractivity contribution in [3.63, 3.8) is 0 Å². The van der Waals surface area contributed by atoms with Crippen LogP contribution >= 0.6 is 0 Å². The largest absolute Gasteiger partial charge is 0.469 e. The zero-order valence-electron chi connectivity index (χ0n) is 11.5. The van der Waals surface area contributed by atoms with Gasteiger partial charge in [0.1, 0.15) is 12.3 Å². The average molecular weight is 282 g/mol. The molecule has 21 heavy (non-hydrogen) atoms. The number of para-hydroxylation sites is 2. The smallest absolute Gasteiger partial charge is 0.260 e. The van der Waals surface area contributed by atoms with E-state index in [9.17, 15) is 4.79 Å². The van der Waals surface area contributed by atoms with Gasteiger partial charge in [-0.3, -0.25) is 4.79 Å². The lowest BCUT2D eigenvalue weighted by Gasteiger charge is -2.02. The molecule has 0 aliphatic heterocycles. The Hall–Kier alpha value is -2.89. The molecule has 2 heterocycles.